The molecule has 4 aromatic rings. The van der Waals surface area contributed by atoms with Crippen LogP contribution in [-0.2, 0) is 0 Å². The minimum absolute atomic E-state index is 0.0734. The van der Waals surface area contributed by atoms with E-state index in [9.17, 15) is 13.9 Å². The van der Waals surface area contributed by atoms with Gasteiger partial charge in [-0.25, -0.2) is 22.4 Å². The standard InChI is InChI=1S/C23H26F3N7O2/c1-12(20(25)26)33-17-10-13(4-5-16(17)29-31-33)18-15(24)11-32-19(18)21(35-3)28-22(30-32)27-14-6-8-23(2,34)9-7-14/h4-5,10-12,14,20,34H,6-9H2,1-3H3,(H,27,30)/t12-,14?,23?/m0/s1. The van der Waals surface area contributed by atoms with Gasteiger partial charge in [0.15, 0.2) is 5.82 Å². The van der Waals surface area contributed by atoms with Gasteiger partial charge in [-0.2, -0.15) is 4.98 Å². The van der Waals surface area contributed by atoms with Crippen LogP contribution in [0.15, 0.2) is 24.4 Å². The van der Waals surface area contributed by atoms with Crippen LogP contribution in [0.5, 0.6) is 5.88 Å². The number of alkyl halides is 2. The van der Waals surface area contributed by atoms with E-state index in [0.29, 0.717) is 35.0 Å². The van der Waals surface area contributed by atoms with Crippen molar-refractivity contribution in [1.82, 2.24) is 29.6 Å². The molecule has 9 nitrogen and oxygen atoms in total. The van der Waals surface area contributed by atoms with Gasteiger partial charge in [0.2, 0.25) is 11.8 Å². The van der Waals surface area contributed by atoms with E-state index in [4.69, 9.17) is 4.74 Å². The van der Waals surface area contributed by atoms with Crippen LogP contribution >= 0.6 is 0 Å². The number of nitrogens with one attached hydrogen (secondary N) is 1. The molecule has 1 aliphatic carbocycles. The first kappa shape index (κ1) is 23.3. The maximum Gasteiger partial charge on any atom is 0.260 e. The number of anilines is 1. The summed E-state index contributed by atoms with van der Waals surface area (Å²) in [6.07, 6.45) is 1.41. The Hall–Kier alpha value is -3.41. The first-order chi connectivity index (χ1) is 16.7. The highest BCUT2D eigenvalue weighted by molar-refractivity contribution is 5.89. The predicted octanol–water partition coefficient (Wildman–Crippen LogP) is 4.22. The van der Waals surface area contributed by atoms with Crippen molar-refractivity contribution in [2.45, 2.75) is 63.6 Å². The predicted molar refractivity (Wildman–Crippen MR) is 123 cm³/mol. The summed E-state index contributed by atoms with van der Waals surface area (Å²) in [5, 5.41) is 25.7. The number of ether oxygens (including phenoxy) is 1. The molecule has 1 saturated carbocycles. The van der Waals surface area contributed by atoms with Gasteiger partial charge in [-0.05, 0) is 57.2 Å². The second-order valence-corrected chi connectivity index (χ2v) is 9.32. The Morgan fingerprint density at radius 3 is 2.69 bits per heavy atom. The van der Waals surface area contributed by atoms with Crippen molar-refractivity contribution in [2.75, 3.05) is 12.4 Å². The normalized spacial score (nSPS) is 21.7. The average Bonchev–Trinajstić information content (AvgIpc) is 3.39. The molecular weight excluding hydrogens is 463 g/mol. The Morgan fingerprint density at radius 2 is 2.00 bits per heavy atom. The minimum Gasteiger partial charge on any atom is -0.479 e. The summed E-state index contributed by atoms with van der Waals surface area (Å²) in [6, 6.07) is 3.71. The molecular formula is C23H26F3N7O2. The number of methoxy groups -OCH3 is 1. The molecule has 1 fully saturated rings. The van der Waals surface area contributed by atoms with Gasteiger partial charge >= 0.3 is 0 Å². The third-order valence-electron chi connectivity index (χ3n) is 6.65. The molecule has 1 atom stereocenters. The third kappa shape index (κ3) is 4.26. The average molecular weight is 490 g/mol. The van der Waals surface area contributed by atoms with Crippen LogP contribution in [0, 0.1) is 5.82 Å². The molecule has 0 amide bonds. The van der Waals surface area contributed by atoms with Gasteiger partial charge in [0.1, 0.15) is 17.1 Å². The topological polar surface area (TPSA) is 102 Å². The van der Waals surface area contributed by atoms with E-state index in [1.807, 2.05) is 6.92 Å². The van der Waals surface area contributed by atoms with E-state index in [-0.39, 0.29) is 23.4 Å². The summed E-state index contributed by atoms with van der Waals surface area (Å²) in [7, 11) is 1.44. The van der Waals surface area contributed by atoms with Crippen LogP contribution in [0.3, 0.4) is 0 Å². The lowest BCUT2D eigenvalue weighted by Crippen LogP contribution is -2.36. The second-order valence-electron chi connectivity index (χ2n) is 9.32. The van der Waals surface area contributed by atoms with Gasteiger partial charge in [-0.1, -0.05) is 11.3 Å². The zero-order valence-corrected chi connectivity index (χ0v) is 19.5. The number of benzene rings is 1. The number of halogens is 3. The molecule has 35 heavy (non-hydrogen) atoms. The number of hydrogen-bond acceptors (Lipinski definition) is 7. The van der Waals surface area contributed by atoms with E-state index < -0.39 is 23.9 Å². The Morgan fingerprint density at radius 1 is 1.26 bits per heavy atom. The van der Waals surface area contributed by atoms with Gasteiger partial charge in [-0.15, -0.1) is 10.2 Å². The molecule has 186 valence electrons. The van der Waals surface area contributed by atoms with Gasteiger partial charge < -0.3 is 15.2 Å². The zero-order chi connectivity index (χ0) is 24.9. The summed E-state index contributed by atoms with van der Waals surface area (Å²) in [6.45, 7) is 3.17. The Balaban J connectivity index is 1.54. The van der Waals surface area contributed by atoms with E-state index in [1.54, 1.807) is 18.2 Å². The summed E-state index contributed by atoms with van der Waals surface area (Å²) in [4.78, 5) is 4.45. The number of aromatic nitrogens is 6. The van der Waals surface area contributed by atoms with Crippen molar-refractivity contribution >= 4 is 22.5 Å². The number of nitrogens with zero attached hydrogens (tertiary/aromatic N) is 6. The Labute approximate surface area is 198 Å². The quantitative estimate of drug-likeness (QED) is 0.418. The van der Waals surface area contributed by atoms with Crippen LogP contribution in [0.4, 0.5) is 19.1 Å². The fourth-order valence-electron chi connectivity index (χ4n) is 4.57. The van der Waals surface area contributed by atoms with Crippen molar-refractivity contribution in [1.29, 1.82) is 0 Å². The number of rotatable bonds is 6. The molecule has 0 aliphatic heterocycles. The highest BCUT2D eigenvalue weighted by atomic mass is 19.3. The van der Waals surface area contributed by atoms with Crippen LogP contribution < -0.4 is 10.1 Å². The molecule has 1 aromatic carbocycles. The van der Waals surface area contributed by atoms with Gasteiger partial charge in [-0.3, -0.25) is 0 Å². The van der Waals surface area contributed by atoms with E-state index >= 15 is 4.39 Å². The lowest BCUT2D eigenvalue weighted by atomic mass is 9.84. The minimum atomic E-state index is -2.63. The summed E-state index contributed by atoms with van der Waals surface area (Å²) < 4.78 is 49.8. The van der Waals surface area contributed by atoms with Crippen LogP contribution in [0.1, 0.15) is 45.6 Å². The molecule has 3 aromatic heterocycles. The number of hydrogen-bond donors (Lipinski definition) is 2. The summed E-state index contributed by atoms with van der Waals surface area (Å²) >= 11 is 0. The van der Waals surface area contributed by atoms with E-state index in [1.165, 1.54) is 24.7 Å². The Kier molecular flexibility index (Phi) is 5.78. The van der Waals surface area contributed by atoms with Gasteiger partial charge in [0, 0.05) is 6.04 Å². The highest BCUT2D eigenvalue weighted by Crippen LogP contribution is 2.36. The van der Waals surface area contributed by atoms with Crippen LogP contribution in [-0.4, -0.2) is 59.9 Å². The lowest BCUT2D eigenvalue weighted by molar-refractivity contribution is 0.0195. The smallest absolute Gasteiger partial charge is 0.260 e. The fraction of sp³-hybridized carbons (Fsp3) is 0.478. The highest BCUT2D eigenvalue weighted by Gasteiger charge is 2.29. The fourth-order valence-corrected chi connectivity index (χ4v) is 4.57. The molecule has 12 heteroatoms. The molecule has 1 aliphatic rings. The molecule has 2 N–H and O–H groups in total. The SMILES string of the molecule is COc1nc(NC2CCC(C)(O)CC2)nn2cc(F)c(-c3ccc4nnn([C@@H](C)C(F)F)c4c3)c12. The lowest BCUT2D eigenvalue weighted by Gasteiger charge is -2.33. The molecule has 5 rings (SSSR count). The van der Waals surface area contributed by atoms with Crippen LogP contribution in [0.2, 0.25) is 0 Å². The van der Waals surface area contributed by atoms with Crippen molar-refractivity contribution in [2.24, 2.45) is 0 Å². The molecule has 0 unspecified atom stereocenters. The molecule has 0 radical (unpaired) electrons. The third-order valence-corrected chi connectivity index (χ3v) is 6.65. The monoisotopic (exact) mass is 489 g/mol. The largest absolute Gasteiger partial charge is 0.479 e. The maximum atomic E-state index is 15.2. The maximum absolute atomic E-state index is 15.2. The second kappa shape index (κ2) is 8.67. The molecule has 0 saturated heterocycles. The Bertz CT molecular complexity index is 1370. The summed E-state index contributed by atoms with van der Waals surface area (Å²) in [5.74, 6) is -0.119. The van der Waals surface area contributed by atoms with Crippen LogP contribution in [0.25, 0.3) is 27.7 Å². The molecule has 0 spiro atoms. The molecule has 0 bridgehead atoms. The van der Waals surface area contributed by atoms with Crippen molar-refractivity contribution in [3.63, 3.8) is 0 Å². The first-order valence-electron chi connectivity index (χ1n) is 11.4. The van der Waals surface area contributed by atoms with Crippen molar-refractivity contribution < 1.29 is 23.0 Å². The number of fused-ring (bicyclic) bond motifs is 2. The van der Waals surface area contributed by atoms with Crippen molar-refractivity contribution in [3.05, 3.63) is 30.2 Å². The first-order valence-corrected chi connectivity index (χ1v) is 11.4. The van der Waals surface area contributed by atoms with E-state index in [2.05, 4.69) is 25.7 Å². The van der Waals surface area contributed by atoms with Gasteiger partial charge in [0.05, 0.1) is 30.0 Å². The summed E-state index contributed by atoms with van der Waals surface area (Å²) in [5.41, 5.74) is 1.04. The van der Waals surface area contributed by atoms with Crippen molar-refractivity contribution in [3.8, 4) is 17.0 Å². The number of aliphatic hydroxyl groups is 1. The van der Waals surface area contributed by atoms with Gasteiger partial charge in [0.25, 0.3) is 6.43 Å². The molecule has 3 heterocycles. The van der Waals surface area contributed by atoms with E-state index in [0.717, 1.165) is 17.5 Å². The zero-order valence-electron chi connectivity index (χ0n) is 19.5.